The van der Waals surface area contributed by atoms with Gasteiger partial charge in [-0.3, -0.25) is 0 Å². The Hall–Kier alpha value is -2.35. The van der Waals surface area contributed by atoms with E-state index >= 15 is 0 Å². The second kappa shape index (κ2) is 12.2. The minimum atomic E-state index is -2.58. The van der Waals surface area contributed by atoms with E-state index in [0.717, 1.165) is 8.45 Å². The van der Waals surface area contributed by atoms with Gasteiger partial charge in [-0.1, -0.05) is 0 Å². The predicted octanol–water partition coefficient (Wildman–Crippen LogP) is 5.74. The average molecular weight is 640 g/mol. The van der Waals surface area contributed by atoms with Gasteiger partial charge in [0.15, 0.2) is 0 Å². The molecule has 0 spiro atoms. The fraction of sp³-hybridized carbons (Fsp3) is 0.300. The molecule has 0 nitrogen and oxygen atoms in total. The van der Waals surface area contributed by atoms with Crippen LogP contribution in [0.3, 0.4) is 0 Å². The zero-order chi connectivity index (χ0) is 27.6. The molecule has 4 aromatic carbocycles. The van der Waals surface area contributed by atoms with Gasteiger partial charge in [-0.2, -0.15) is 0 Å². The molecule has 0 N–H and O–H groups in total. The van der Waals surface area contributed by atoms with E-state index in [1.807, 2.05) is 0 Å². The molecule has 43 heavy (non-hydrogen) atoms. The van der Waals surface area contributed by atoms with Crippen molar-refractivity contribution in [3.8, 4) is 22.3 Å². The number of benzene rings is 4. The topological polar surface area (TPSA) is 0 Å². The van der Waals surface area contributed by atoms with E-state index < -0.39 is 16.6 Å². The van der Waals surface area contributed by atoms with Crippen molar-refractivity contribution in [3.05, 3.63) is 130 Å². The zero-order valence-corrected chi connectivity index (χ0v) is 28.3. The van der Waals surface area contributed by atoms with Crippen LogP contribution in [-0.4, -0.2) is 0 Å². The summed E-state index contributed by atoms with van der Waals surface area (Å²) in [6.07, 6.45) is 13.5. The van der Waals surface area contributed by atoms with Crippen molar-refractivity contribution in [3.63, 3.8) is 0 Å². The van der Waals surface area contributed by atoms with E-state index in [4.69, 9.17) is 0 Å². The van der Waals surface area contributed by atoms with Crippen LogP contribution in [0, 0.1) is 0 Å². The summed E-state index contributed by atoms with van der Waals surface area (Å²) < 4.78 is 3.39. The van der Waals surface area contributed by atoms with Crippen molar-refractivity contribution in [1.29, 1.82) is 0 Å². The first-order valence-corrected chi connectivity index (χ1v) is 19.7. The number of halogens is 2. The zero-order valence-electron chi connectivity index (χ0n) is 25.2. The maximum Gasteiger partial charge on any atom is -1.00 e. The Labute approximate surface area is 273 Å². The van der Waals surface area contributed by atoms with Crippen LogP contribution in [0.25, 0.3) is 34.4 Å². The summed E-state index contributed by atoms with van der Waals surface area (Å²) in [6.45, 7) is 4.86. The van der Waals surface area contributed by atoms with Gasteiger partial charge in [0.25, 0.3) is 0 Å². The van der Waals surface area contributed by atoms with E-state index in [0.29, 0.717) is 8.45 Å². The monoisotopic (exact) mass is 638 g/mol. The molecule has 1 saturated carbocycles. The summed E-state index contributed by atoms with van der Waals surface area (Å²) in [5.41, 5.74) is 15.5. The van der Waals surface area contributed by atoms with Gasteiger partial charge in [0.1, 0.15) is 0 Å². The molecule has 1 aliphatic heterocycles. The second-order valence-electron chi connectivity index (χ2n) is 12.9. The first kappa shape index (κ1) is 30.7. The Balaban J connectivity index is 0.00000165. The normalized spacial score (nSPS) is 24.7. The molecule has 0 bridgehead atoms. The van der Waals surface area contributed by atoms with Gasteiger partial charge in [-0.15, -0.1) is 0 Å². The first-order valence-electron chi connectivity index (χ1n) is 16.0. The van der Waals surface area contributed by atoms with Crippen LogP contribution in [0.2, 0.25) is 8.45 Å². The summed E-state index contributed by atoms with van der Waals surface area (Å²) >= 11 is -2.58. The Morgan fingerprint density at radius 2 is 0.953 bits per heavy atom. The quantitative estimate of drug-likeness (QED) is 0.236. The maximum absolute atomic E-state index is 2.66. The molecular formula is C40H40Cl2Ti. The molecule has 4 atom stereocenters. The smallest absolute Gasteiger partial charge is 1.00 e. The standard InChI is InChI=1S/2C17H15.C6H10.2ClH.Ti/c2*1-2-13-11-15-9-6-10-16(17(15)12-13)14-7-4-3-5-8-14;1-2-4-6-5-3-1;;;/h2*3-12H,2H2,1H3;1-2H,3-6H2;2*1H;/q;;;;;+2/p-2. The summed E-state index contributed by atoms with van der Waals surface area (Å²) in [7, 11) is 0. The minimum absolute atomic E-state index is 0. The summed E-state index contributed by atoms with van der Waals surface area (Å²) in [5, 5.41) is 0. The van der Waals surface area contributed by atoms with E-state index in [2.05, 4.69) is 123 Å². The molecule has 218 valence electrons. The fourth-order valence-corrected chi connectivity index (χ4v) is 24.1. The van der Waals surface area contributed by atoms with Crippen molar-refractivity contribution in [2.24, 2.45) is 0 Å². The Morgan fingerprint density at radius 1 is 0.535 bits per heavy atom. The molecule has 4 aromatic rings. The van der Waals surface area contributed by atoms with Crippen LogP contribution in [0.15, 0.2) is 108 Å². The largest absolute Gasteiger partial charge is 1.00 e. The van der Waals surface area contributed by atoms with Crippen molar-refractivity contribution in [2.45, 2.75) is 69.3 Å². The van der Waals surface area contributed by atoms with Gasteiger partial charge in [-0.25, -0.2) is 0 Å². The molecule has 0 radical (unpaired) electrons. The SMILES string of the molecule is CCC1=Cc2c(-c3ccccc3)cccc2[CH]1[Ti+2]1([CH]2C(CC)=Cc3c(-c4ccccc4)cccc32)[CH]2CCCC[CH]21.[Cl-].[Cl-]. The summed E-state index contributed by atoms with van der Waals surface area (Å²) in [6, 6.07) is 36.8. The van der Waals surface area contributed by atoms with Gasteiger partial charge >= 0.3 is 251 Å². The van der Waals surface area contributed by atoms with Gasteiger partial charge in [0.05, 0.1) is 0 Å². The van der Waals surface area contributed by atoms with Gasteiger partial charge < -0.3 is 24.8 Å². The molecule has 3 aliphatic carbocycles. The van der Waals surface area contributed by atoms with Gasteiger partial charge in [-0.05, 0) is 0 Å². The molecule has 4 unspecified atom stereocenters. The van der Waals surface area contributed by atoms with Gasteiger partial charge in [0.2, 0.25) is 0 Å². The van der Waals surface area contributed by atoms with E-state index in [1.54, 1.807) is 22.3 Å². The predicted molar refractivity (Wildman–Crippen MR) is 172 cm³/mol. The summed E-state index contributed by atoms with van der Waals surface area (Å²) in [4.78, 5) is 0. The van der Waals surface area contributed by atoms with Crippen molar-refractivity contribution in [1.82, 2.24) is 0 Å². The Morgan fingerprint density at radius 3 is 1.35 bits per heavy atom. The van der Waals surface area contributed by atoms with E-state index in [9.17, 15) is 0 Å². The number of rotatable bonds is 6. The van der Waals surface area contributed by atoms with Gasteiger partial charge in [0, 0.05) is 0 Å². The molecule has 4 aliphatic rings. The third kappa shape index (κ3) is 4.59. The fourth-order valence-electron chi connectivity index (χ4n) is 9.70. The second-order valence-corrected chi connectivity index (χ2v) is 20.1. The number of hydrogen-bond donors (Lipinski definition) is 0. The molecule has 8 rings (SSSR count). The number of hydrogen-bond acceptors (Lipinski definition) is 0. The van der Waals surface area contributed by atoms with E-state index in [1.165, 1.54) is 71.9 Å². The van der Waals surface area contributed by atoms with Crippen molar-refractivity contribution < 1.29 is 41.4 Å². The van der Waals surface area contributed by atoms with Crippen LogP contribution < -0.4 is 24.8 Å². The molecule has 1 heterocycles. The average Bonchev–Trinajstić information content (AvgIpc) is 3.32. The molecule has 1 saturated heterocycles. The number of allylic oxidation sites excluding steroid dienone is 2. The number of fused-ring (bicyclic) bond motifs is 3. The third-order valence-electron chi connectivity index (χ3n) is 11.2. The minimum Gasteiger partial charge on any atom is -1.00 e. The van der Waals surface area contributed by atoms with Crippen molar-refractivity contribution in [2.75, 3.05) is 0 Å². The third-order valence-corrected chi connectivity index (χ3v) is 22.1. The molecule has 2 fully saturated rings. The van der Waals surface area contributed by atoms with E-state index in [-0.39, 0.29) is 24.8 Å². The van der Waals surface area contributed by atoms with Crippen LogP contribution in [0.4, 0.5) is 0 Å². The Kier molecular flexibility index (Phi) is 8.71. The van der Waals surface area contributed by atoms with Crippen molar-refractivity contribution >= 4 is 12.2 Å². The maximum atomic E-state index is 2.66. The molecular weight excluding hydrogens is 599 g/mol. The van der Waals surface area contributed by atoms with Crippen LogP contribution in [0.1, 0.15) is 83.1 Å². The first-order chi connectivity index (χ1) is 20.3. The van der Waals surface area contributed by atoms with Crippen LogP contribution in [-0.2, 0) is 16.6 Å². The summed E-state index contributed by atoms with van der Waals surface area (Å²) in [5.74, 6) is 0. The Bertz CT molecular complexity index is 1560. The molecule has 0 amide bonds. The van der Waals surface area contributed by atoms with Crippen LogP contribution in [0.5, 0.6) is 0 Å². The molecule has 3 heteroatoms. The van der Waals surface area contributed by atoms with Crippen LogP contribution >= 0.6 is 0 Å². The molecule has 0 aromatic heterocycles.